The van der Waals surface area contributed by atoms with Gasteiger partial charge in [-0.2, -0.15) is 13.2 Å². The molecular formula is C11H8F4O. The van der Waals surface area contributed by atoms with Gasteiger partial charge in [0.1, 0.15) is 12.1 Å². The predicted molar refractivity (Wildman–Crippen MR) is 51.1 cm³/mol. The van der Waals surface area contributed by atoms with Crippen molar-refractivity contribution < 1.29 is 22.4 Å². The number of allylic oxidation sites excluding steroid dienone is 1. The average Bonchev–Trinajstić information content (AvgIpc) is 2.19. The number of rotatable bonds is 3. The molecular weight excluding hydrogens is 224 g/mol. The van der Waals surface area contributed by atoms with Crippen LogP contribution in [0.3, 0.4) is 0 Å². The molecule has 0 bridgehead atoms. The summed E-state index contributed by atoms with van der Waals surface area (Å²) in [5, 5.41) is 0. The molecule has 0 saturated carbocycles. The molecule has 0 aromatic heterocycles. The number of alkyl halides is 3. The monoisotopic (exact) mass is 232 g/mol. The van der Waals surface area contributed by atoms with Crippen molar-refractivity contribution in [2.24, 2.45) is 0 Å². The molecule has 0 spiro atoms. The molecule has 1 nitrogen and oxygen atoms in total. The van der Waals surface area contributed by atoms with Crippen molar-refractivity contribution in [3.63, 3.8) is 0 Å². The molecule has 0 aliphatic heterocycles. The Kier molecular flexibility index (Phi) is 3.82. The standard InChI is InChI=1S/C11H8F4O/c12-10-5-4-9(11(13,14)15)7-8(10)3-1-2-6-16/h1,3-7H,2H2. The largest absolute Gasteiger partial charge is 0.416 e. The normalized spacial score (nSPS) is 12.0. The van der Waals surface area contributed by atoms with Crippen LogP contribution in [0.2, 0.25) is 0 Å². The Balaban J connectivity index is 3.04. The van der Waals surface area contributed by atoms with Gasteiger partial charge in [0.2, 0.25) is 0 Å². The van der Waals surface area contributed by atoms with Gasteiger partial charge < -0.3 is 4.79 Å². The predicted octanol–water partition coefficient (Wildman–Crippen LogP) is 3.45. The molecule has 1 aromatic carbocycles. The first-order valence-corrected chi connectivity index (χ1v) is 4.42. The highest BCUT2D eigenvalue weighted by Crippen LogP contribution is 2.30. The quantitative estimate of drug-likeness (QED) is 0.576. The number of halogens is 4. The van der Waals surface area contributed by atoms with Crippen LogP contribution < -0.4 is 0 Å². The van der Waals surface area contributed by atoms with Gasteiger partial charge in [0.05, 0.1) is 5.56 Å². The van der Waals surface area contributed by atoms with E-state index >= 15 is 0 Å². The number of hydrogen-bond acceptors (Lipinski definition) is 1. The summed E-state index contributed by atoms with van der Waals surface area (Å²) in [6.45, 7) is 0. The Hall–Kier alpha value is -1.65. The van der Waals surface area contributed by atoms with E-state index in [1.54, 1.807) is 0 Å². The Labute approximate surface area is 89.4 Å². The molecule has 0 atom stereocenters. The van der Waals surface area contributed by atoms with Crippen molar-refractivity contribution in [2.45, 2.75) is 12.6 Å². The molecule has 0 N–H and O–H groups in total. The van der Waals surface area contributed by atoms with Crippen LogP contribution >= 0.6 is 0 Å². The third kappa shape index (κ3) is 3.18. The first kappa shape index (κ1) is 12.4. The van der Waals surface area contributed by atoms with Crippen molar-refractivity contribution in [1.29, 1.82) is 0 Å². The van der Waals surface area contributed by atoms with Crippen LogP contribution in [0.4, 0.5) is 17.6 Å². The highest BCUT2D eigenvalue weighted by atomic mass is 19.4. The van der Waals surface area contributed by atoms with Crippen LogP contribution in [0.5, 0.6) is 0 Å². The highest BCUT2D eigenvalue weighted by Gasteiger charge is 2.30. The second-order valence-corrected chi connectivity index (χ2v) is 3.04. The van der Waals surface area contributed by atoms with E-state index < -0.39 is 17.6 Å². The maximum absolute atomic E-state index is 13.1. The minimum absolute atomic E-state index is 0.0374. The molecule has 0 heterocycles. The van der Waals surface area contributed by atoms with Crippen LogP contribution in [0, 0.1) is 5.82 Å². The summed E-state index contributed by atoms with van der Waals surface area (Å²) in [6, 6.07) is 2.13. The molecule has 16 heavy (non-hydrogen) atoms. The lowest BCUT2D eigenvalue weighted by molar-refractivity contribution is -0.137. The molecule has 0 amide bonds. The van der Waals surface area contributed by atoms with Crippen molar-refractivity contribution in [2.75, 3.05) is 0 Å². The van der Waals surface area contributed by atoms with E-state index in [1.165, 1.54) is 6.08 Å². The molecule has 0 aliphatic carbocycles. The maximum Gasteiger partial charge on any atom is 0.416 e. The summed E-state index contributed by atoms with van der Waals surface area (Å²) in [5.74, 6) is -0.754. The average molecular weight is 232 g/mol. The summed E-state index contributed by atoms with van der Waals surface area (Å²) in [4.78, 5) is 9.98. The molecule has 5 heteroatoms. The fraction of sp³-hybridized carbons (Fsp3) is 0.182. The van der Waals surface area contributed by atoms with E-state index in [1.807, 2.05) is 0 Å². The highest BCUT2D eigenvalue weighted by molar-refractivity contribution is 5.58. The number of hydrogen-bond donors (Lipinski definition) is 0. The number of aldehydes is 1. The molecule has 86 valence electrons. The van der Waals surface area contributed by atoms with Gasteiger partial charge in [0, 0.05) is 12.0 Å². The SMILES string of the molecule is O=CCC=Cc1cc(C(F)(F)F)ccc1F. The van der Waals surface area contributed by atoms with Gasteiger partial charge >= 0.3 is 6.18 Å². The zero-order valence-corrected chi connectivity index (χ0v) is 8.09. The van der Waals surface area contributed by atoms with Gasteiger partial charge in [-0.15, -0.1) is 0 Å². The third-order valence-corrected chi connectivity index (χ3v) is 1.85. The third-order valence-electron chi connectivity index (χ3n) is 1.85. The Morgan fingerprint density at radius 1 is 1.25 bits per heavy atom. The summed E-state index contributed by atoms with van der Waals surface area (Å²) in [5.41, 5.74) is -1.10. The molecule has 0 aliphatic rings. The molecule has 1 aromatic rings. The van der Waals surface area contributed by atoms with Crippen LogP contribution in [-0.2, 0) is 11.0 Å². The van der Waals surface area contributed by atoms with Gasteiger partial charge in [-0.1, -0.05) is 12.2 Å². The minimum atomic E-state index is -4.50. The van der Waals surface area contributed by atoms with Gasteiger partial charge in [-0.05, 0) is 18.2 Å². The summed E-state index contributed by atoms with van der Waals surface area (Å²) in [7, 11) is 0. The lowest BCUT2D eigenvalue weighted by Crippen LogP contribution is -2.05. The molecule has 0 saturated heterocycles. The van der Waals surface area contributed by atoms with E-state index in [-0.39, 0.29) is 12.0 Å². The molecule has 1 rings (SSSR count). The lowest BCUT2D eigenvalue weighted by Gasteiger charge is -2.07. The smallest absolute Gasteiger partial charge is 0.303 e. The van der Waals surface area contributed by atoms with E-state index in [4.69, 9.17) is 0 Å². The summed E-state index contributed by atoms with van der Waals surface area (Å²) >= 11 is 0. The number of carbonyl (C=O) groups excluding carboxylic acids is 1. The van der Waals surface area contributed by atoms with Gasteiger partial charge in [-0.3, -0.25) is 0 Å². The Bertz CT molecular complexity index is 407. The fourth-order valence-corrected chi connectivity index (χ4v) is 1.10. The summed E-state index contributed by atoms with van der Waals surface area (Å²) < 4.78 is 49.9. The van der Waals surface area contributed by atoms with Gasteiger partial charge in [-0.25, -0.2) is 4.39 Å². The van der Waals surface area contributed by atoms with E-state index in [9.17, 15) is 22.4 Å². The van der Waals surface area contributed by atoms with Crippen molar-refractivity contribution in [3.05, 3.63) is 41.2 Å². The van der Waals surface area contributed by atoms with Crippen LogP contribution in [0.15, 0.2) is 24.3 Å². The van der Waals surface area contributed by atoms with Crippen molar-refractivity contribution in [1.82, 2.24) is 0 Å². The van der Waals surface area contributed by atoms with E-state index in [0.717, 1.165) is 12.1 Å². The lowest BCUT2D eigenvalue weighted by atomic mass is 10.1. The van der Waals surface area contributed by atoms with E-state index in [2.05, 4.69) is 0 Å². The summed E-state index contributed by atoms with van der Waals surface area (Å²) in [6.07, 6.45) is -1.44. The molecule has 0 unspecified atom stereocenters. The number of carbonyl (C=O) groups is 1. The van der Waals surface area contributed by atoms with Crippen molar-refractivity contribution in [3.8, 4) is 0 Å². The molecule has 0 fully saturated rings. The first-order chi connectivity index (χ1) is 7.45. The first-order valence-electron chi connectivity index (χ1n) is 4.42. The Morgan fingerprint density at radius 3 is 2.50 bits per heavy atom. The van der Waals surface area contributed by atoms with Crippen LogP contribution in [-0.4, -0.2) is 6.29 Å². The fourth-order valence-electron chi connectivity index (χ4n) is 1.10. The topological polar surface area (TPSA) is 17.1 Å². The van der Waals surface area contributed by atoms with Gasteiger partial charge in [0.15, 0.2) is 0 Å². The van der Waals surface area contributed by atoms with Gasteiger partial charge in [0.25, 0.3) is 0 Å². The number of benzene rings is 1. The maximum atomic E-state index is 13.1. The van der Waals surface area contributed by atoms with Crippen molar-refractivity contribution >= 4 is 12.4 Å². The minimum Gasteiger partial charge on any atom is -0.303 e. The second kappa shape index (κ2) is 4.92. The molecule has 0 radical (unpaired) electrons. The Morgan fingerprint density at radius 2 is 1.94 bits per heavy atom. The van der Waals surface area contributed by atoms with Crippen LogP contribution in [0.25, 0.3) is 6.08 Å². The zero-order valence-electron chi connectivity index (χ0n) is 8.09. The van der Waals surface area contributed by atoms with E-state index in [0.29, 0.717) is 18.4 Å². The zero-order chi connectivity index (χ0) is 12.2. The van der Waals surface area contributed by atoms with Crippen LogP contribution in [0.1, 0.15) is 17.5 Å². The second-order valence-electron chi connectivity index (χ2n) is 3.04.